The fourth-order valence-electron chi connectivity index (χ4n) is 1.77. The van der Waals surface area contributed by atoms with Crippen LogP contribution in [0.4, 0.5) is 0 Å². The Balaban J connectivity index is 2.08. The summed E-state index contributed by atoms with van der Waals surface area (Å²) in [5, 5.41) is 15.2. The highest BCUT2D eigenvalue weighted by atomic mass is 16.4. The molecule has 1 aliphatic carbocycles. The minimum atomic E-state index is -0.882. The molecule has 6 heteroatoms. The van der Waals surface area contributed by atoms with E-state index in [0.717, 1.165) is 18.5 Å². The third-order valence-corrected chi connectivity index (χ3v) is 2.88. The maximum absolute atomic E-state index is 12.2. The van der Waals surface area contributed by atoms with Crippen molar-refractivity contribution in [2.24, 2.45) is 0 Å². The second-order valence-corrected chi connectivity index (χ2v) is 4.28. The fraction of sp³-hybridized carbons (Fsp3) is 0.545. The molecule has 1 saturated carbocycles. The molecule has 0 bridgehead atoms. The summed E-state index contributed by atoms with van der Waals surface area (Å²) >= 11 is 0. The van der Waals surface area contributed by atoms with Crippen molar-refractivity contribution in [2.45, 2.75) is 32.2 Å². The lowest BCUT2D eigenvalue weighted by atomic mass is 10.2. The molecule has 0 aliphatic heterocycles. The molecule has 1 aromatic heterocycles. The first-order valence-corrected chi connectivity index (χ1v) is 5.62. The fourth-order valence-corrected chi connectivity index (χ4v) is 1.77. The zero-order valence-corrected chi connectivity index (χ0v) is 9.64. The van der Waals surface area contributed by atoms with Gasteiger partial charge in [-0.05, 0) is 19.8 Å². The number of hydrogen-bond acceptors (Lipinski definition) is 3. The van der Waals surface area contributed by atoms with E-state index in [9.17, 15) is 9.59 Å². The Labute approximate surface area is 98.6 Å². The Morgan fingerprint density at radius 3 is 2.76 bits per heavy atom. The van der Waals surface area contributed by atoms with Gasteiger partial charge in [-0.2, -0.15) is 5.10 Å². The zero-order valence-electron chi connectivity index (χ0n) is 9.64. The molecule has 0 unspecified atom stereocenters. The molecule has 6 nitrogen and oxygen atoms in total. The summed E-state index contributed by atoms with van der Waals surface area (Å²) in [6, 6.07) is 0.205. The Bertz CT molecular complexity index is 437. The molecule has 2 rings (SSSR count). The Morgan fingerprint density at radius 1 is 1.59 bits per heavy atom. The molecule has 1 heterocycles. The largest absolute Gasteiger partial charge is 0.481 e. The summed E-state index contributed by atoms with van der Waals surface area (Å²) in [5.41, 5.74) is 1.25. The number of aromatic nitrogens is 2. The molecule has 0 atom stereocenters. The number of aromatic amines is 1. The van der Waals surface area contributed by atoms with E-state index in [1.165, 1.54) is 6.20 Å². The second-order valence-electron chi connectivity index (χ2n) is 4.28. The number of nitrogens with zero attached hydrogens (tertiary/aromatic N) is 2. The highest BCUT2D eigenvalue weighted by Gasteiger charge is 2.33. The lowest BCUT2D eigenvalue weighted by Crippen LogP contribution is -2.35. The summed E-state index contributed by atoms with van der Waals surface area (Å²) in [5.74, 6) is -1.01. The van der Waals surface area contributed by atoms with Crippen molar-refractivity contribution in [3.63, 3.8) is 0 Å². The zero-order chi connectivity index (χ0) is 12.4. The number of carbonyl (C=O) groups is 2. The normalized spacial score (nSPS) is 14.6. The monoisotopic (exact) mass is 237 g/mol. The third-order valence-electron chi connectivity index (χ3n) is 2.88. The average Bonchev–Trinajstić information content (AvgIpc) is 3.00. The van der Waals surface area contributed by atoms with Gasteiger partial charge >= 0.3 is 5.97 Å². The predicted octanol–water partition coefficient (Wildman–Crippen LogP) is 0.797. The van der Waals surface area contributed by atoms with Crippen molar-refractivity contribution in [1.29, 1.82) is 0 Å². The van der Waals surface area contributed by atoms with E-state index >= 15 is 0 Å². The molecule has 0 spiro atoms. The number of hydrogen-bond donors (Lipinski definition) is 2. The molecule has 0 radical (unpaired) electrons. The van der Waals surface area contributed by atoms with E-state index in [1.54, 1.807) is 11.8 Å². The Morgan fingerprint density at radius 2 is 2.29 bits per heavy atom. The molecule has 0 aromatic carbocycles. The number of aryl methyl sites for hydroxylation is 1. The molecule has 1 fully saturated rings. The highest BCUT2D eigenvalue weighted by Crippen LogP contribution is 2.28. The van der Waals surface area contributed by atoms with Crippen molar-refractivity contribution in [3.05, 3.63) is 17.5 Å². The van der Waals surface area contributed by atoms with Crippen molar-refractivity contribution >= 4 is 11.9 Å². The van der Waals surface area contributed by atoms with Crippen molar-refractivity contribution < 1.29 is 14.7 Å². The summed E-state index contributed by atoms with van der Waals surface area (Å²) in [6.07, 6.45) is 3.40. The molecule has 2 N–H and O–H groups in total. The van der Waals surface area contributed by atoms with Gasteiger partial charge in [0.25, 0.3) is 5.91 Å². The van der Waals surface area contributed by atoms with Gasteiger partial charge in [-0.3, -0.25) is 14.7 Å². The molecule has 92 valence electrons. The number of rotatable bonds is 5. The maximum Gasteiger partial charge on any atom is 0.305 e. The lowest BCUT2D eigenvalue weighted by Gasteiger charge is -2.21. The SMILES string of the molecule is Cc1[nH]ncc1C(=O)N(CCC(=O)O)C1CC1. The highest BCUT2D eigenvalue weighted by molar-refractivity contribution is 5.95. The predicted molar refractivity (Wildman–Crippen MR) is 59.6 cm³/mol. The second kappa shape index (κ2) is 4.57. The molecular weight excluding hydrogens is 222 g/mol. The van der Waals surface area contributed by atoms with Crippen LogP contribution in [0.1, 0.15) is 35.3 Å². The van der Waals surface area contributed by atoms with Gasteiger partial charge in [-0.25, -0.2) is 0 Å². The van der Waals surface area contributed by atoms with Gasteiger partial charge < -0.3 is 10.0 Å². The first-order chi connectivity index (χ1) is 8.09. The van der Waals surface area contributed by atoms with Gasteiger partial charge in [-0.1, -0.05) is 0 Å². The van der Waals surface area contributed by atoms with Gasteiger partial charge in [0.15, 0.2) is 0 Å². The number of carboxylic acid groups (broad SMARTS) is 1. The van der Waals surface area contributed by atoms with E-state index in [-0.39, 0.29) is 24.9 Å². The third kappa shape index (κ3) is 2.64. The number of amides is 1. The summed E-state index contributed by atoms with van der Waals surface area (Å²) in [4.78, 5) is 24.4. The summed E-state index contributed by atoms with van der Waals surface area (Å²) in [7, 11) is 0. The molecule has 0 saturated heterocycles. The molecule has 1 aliphatic rings. The van der Waals surface area contributed by atoms with Crippen LogP contribution >= 0.6 is 0 Å². The van der Waals surface area contributed by atoms with Crippen molar-refractivity contribution in [2.75, 3.05) is 6.54 Å². The van der Waals surface area contributed by atoms with Gasteiger partial charge in [0.05, 0.1) is 18.2 Å². The van der Waals surface area contributed by atoms with Crippen LogP contribution in [0.25, 0.3) is 0 Å². The average molecular weight is 237 g/mol. The van der Waals surface area contributed by atoms with Gasteiger partial charge in [0, 0.05) is 18.3 Å². The first-order valence-electron chi connectivity index (χ1n) is 5.62. The van der Waals surface area contributed by atoms with Gasteiger partial charge in [0.1, 0.15) is 0 Å². The Hall–Kier alpha value is -1.85. The van der Waals surface area contributed by atoms with Crippen LogP contribution in [0.3, 0.4) is 0 Å². The summed E-state index contributed by atoms with van der Waals surface area (Å²) in [6.45, 7) is 2.05. The van der Waals surface area contributed by atoms with Crippen LogP contribution in [0, 0.1) is 6.92 Å². The van der Waals surface area contributed by atoms with Crippen LogP contribution in [0.5, 0.6) is 0 Å². The first kappa shape index (κ1) is 11.6. The molecular formula is C11H15N3O3. The van der Waals surface area contributed by atoms with E-state index < -0.39 is 5.97 Å². The molecule has 17 heavy (non-hydrogen) atoms. The number of carboxylic acids is 1. The standard InChI is InChI=1S/C11H15N3O3/c1-7-9(6-12-13-7)11(17)14(8-2-3-8)5-4-10(15)16/h6,8H,2-5H2,1H3,(H,12,13)(H,15,16). The van der Waals surface area contributed by atoms with Crippen LogP contribution in [0.2, 0.25) is 0 Å². The Kier molecular flexibility index (Phi) is 3.12. The number of aliphatic carboxylic acids is 1. The van der Waals surface area contributed by atoms with Crippen molar-refractivity contribution in [3.8, 4) is 0 Å². The maximum atomic E-state index is 12.2. The molecule has 1 aromatic rings. The van der Waals surface area contributed by atoms with Crippen molar-refractivity contribution in [1.82, 2.24) is 15.1 Å². The van der Waals surface area contributed by atoms with E-state index in [2.05, 4.69) is 10.2 Å². The summed E-state index contributed by atoms with van der Waals surface area (Å²) < 4.78 is 0. The van der Waals surface area contributed by atoms with Crippen LogP contribution in [-0.4, -0.2) is 44.7 Å². The lowest BCUT2D eigenvalue weighted by molar-refractivity contribution is -0.137. The van der Waals surface area contributed by atoms with Gasteiger partial charge in [0.2, 0.25) is 0 Å². The minimum Gasteiger partial charge on any atom is -0.481 e. The molecule has 1 amide bonds. The smallest absolute Gasteiger partial charge is 0.305 e. The van der Waals surface area contributed by atoms with Gasteiger partial charge in [-0.15, -0.1) is 0 Å². The van der Waals surface area contributed by atoms with E-state index in [4.69, 9.17) is 5.11 Å². The quantitative estimate of drug-likeness (QED) is 0.793. The van der Waals surface area contributed by atoms with Crippen LogP contribution in [-0.2, 0) is 4.79 Å². The van der Waals surface area contributed by atoms with E-state index in [0.29, 0.717) is 5.56 Å². The number of nitrogens with one attached hydrogen (secondary N) is 1. The van der Waals surface area contributed by atoms with Crippen LogP contribution < -0.4 is 0 Å². The number of H-pyrrole nitrogens is 1. The minimum absolute atomic E-state index is 0.0147. The number of carbonyl (C=O) groups excluding carboxylic acids is 1. The van der Waals surface area contributed by atoms with Crippen LogP contribution in [0.15, 0.2) is 6.20 Å². The topological polar surface area (TPSA) is 86.3 Å². The van der Waals surface area contributed by atoms with E-state index in [1.807, 2.05) is 0 Å².